The highest BCUT2D eigenvalue weighted by molar-refractivity contribution is 5.88. The summed E-state index contributed by atoms with van der Waals surface area (Å²) in [6, 6.07) is 11.3. The maximum absolute atomic E-state index is 17.6. The zero-order chi connectivity index (χ0) is 34.2. The van der Waals surface area contributed by atoms with Crippen LogP contribution >= 0.6 is 0 Å². The Hall–Kier alpha value is -3.34. The molecule has 0 aromatic heterocycles. The number of carboxylic acids is 1. The van der Waals surface area contributed by atoms with Gasteiger partial charge in [-0.05, 0) is 73.4 Å². The number of ether oxygens (including phenoxy) is 1. The highest BCUT2D eigenvalue weighted by Gasteiger charge is 2.57. The molecule has 2 aromatic rings. The summed E-state index contributed by atoms with van der Waals surface area (Å²) in [6.07, 6.45) is 1.65. The number of nitrogens with zero attached hydrogens (tertiary/aromatic N) is 3. The summed E-state index contributed by atoms with van der Waals surface area (Å²) in [4.78, 5) is 31.9. The van der Waals surface area contributed by atoms with Crippen LogP contribution in [0.3, 0.4) is 0 Å². The third-order valence-electron chi connectivity index (χ3n) is 11.5. The number of hydrogen-bond donors (Lipinski definition) is 1. The fourth-order valence-electron chi connectivity index (χ4n) is 8.78. The van der Waals surface area contributed by atoms with E-state index in [0.29, 0.717) is 68.9 Å². The van der Waals surface area contributed by atoms with Crippen LogP contribution < -0.4 is 9.64 Å². The van der Waals surface area contributed by atoms with Crippen LogP contribution in [0.4, 0.5) is 23.2 Å². The maximum Gasteiger partial charge on any atom is 0.416 e. The summed E-state index contributed by atoms with van der Waals surface area (Å²) in [7, 11) is 1.57. The van der Waals surface area contributed by atoms with Gasteiger partial charge in [-0.1, -0.05) is 44.4 Å². The Morgan fingerprint density at radius 3 is 2.33 bits per heavy atom. The molecular formula is C37H47F4N3O4. The molecule has 5 atom stereocenters. The third kappa shape index (κ3) is 6.76. The van der Waals surface area contributed by atoms with E-state index in [2.05, 4.69) is 4.90 Å². The summed E-state index contributed by atoms with van der Waals surface area (Å²) in [5.74, 6) is -2.33. The molecule has 11 heteroatoms. The van der Waals surface area contributed by atoms with E-state index in [1.165, 1.54) is 12.1 Å². The molecule has 0 spiro atoms. The van der Waals surface area contributed by atoms with Crippen LogP contribution in [0.5, 0.6) is 5.75 Å². The first kappa shape index (κ1) is 34.5. The van der Waals surface area contributed by atoms with Gasteiger partial charge in [0.1, 0.15) is 5.75 Å². The van der Waals surface area contributed by atoms with E-state index < -0.39 is 41.1 Å². The number of carboxylic acid groups (broad SMARTS) is 1. The minimum Gasteiger partial charge on any atom is -0.497 e. The molecule has 1 N–H and O–H groups in total. The molecule has 0 radical (unpaired) electrons. The Kier molecular flexibility index (Phi) is 9.98. The molecule has 1 saturated carbocycles. The lowest BCUT2D eigenvalue weighted by Gasteiger charge is -2.31. The van der Waals surface area contributed by atoms with Gasteiger partial charge < -0.3 is 19.6 Å². The SMILES string of the molecule is CC[C@H]1CN(C(=O)[C@]2(F)CN(C3CCCC3)C[C@H]2c2ccc(OC)cc2)C[C@@H]1c1ccc(C(F)(F)F)cc1N1CCCC(C(=O)O)CC1. The van der Waals surface area contributed by atoms with Crippen molar-refractivity contribution < 1.29 is 37.0 Å². The van der Waals surface area contributed by atoms with E-state index in [-0.39, 0.29) is 31.0 Å². The van der Waals surface area contributed by atoms with E-state index in [9.17, 15) is 27.9 Å². The second-order valence-electron chi connectivity index (χ2n) is 14.3. The number of amides is 1. The van der Waals surface area contributed by atoms with Crippen LogP contribution in [0.1, 0.15) is 86.8 Å². The van der Waals surface area contributed by atoms with Crippen LogP contribution in [0, 0.1) is 11.8 Å². The zero-order valence-corrected chi connectivity index (χ0v) is 27.9. The van der Waals surface area contributed by atoms with E-state index in [4.69, 9.17) is 4.74 Å². The number of carbonyl (C=O) groups excluding carboxylic acids is 1. The smallest absolute Gasteiger partial charge is 0.416 e. The summed E-state index contributed by atoms with van der Waals surface area (Å²) >= 11 is 0. The number of halogens is 4. The molecule has 1 unspecified atom stereocenters. The summed E-state index contributed by atoms with van der Waals surface area (Å²) in [5, 5.41) is 9.61. The van der Waals surface area contributed by atoms with Crippen LogP contribution in [0.2, 0.25) is 0 Å². The van der Waals surface area contributed by atoms with Crippen molar-refractivity contribution in [2.24, 2.45) is 11.8 Å². The Morgan fingerprint density at radius 2 is 1.69 bits per heavy atom. The molecular weight excluding hydrogens is 626 g/mol. The molecule has 48 heavy (non-hydrogen) atoms. The van der Waals surface area contributed by atoms with E-state index in [1.54, 1.807) is 24.1 Å². The van der Waals surface area contributed by atoms with Crippen molar-refractivity contribution in [1.29, 1.82) is 0 Å². The molecule has 1 aliphatic carbocycles. The fraction of sp³-hybridized carbons (Fsp3) is 0.622. The molecule has 6 rings (SSSR count). The molecule has 3 aliphatic heterocycles. The minimum atomic E-state index is -4.55. The number of aliphatic carboxylic acids is 1. The molecule has 7 nitrogen and oxygen atoms in total. The molecule has 3 heterocycles. The second kappa shape index (κ2) is 13.9. The van der Waals surface area contributed by atoms with Crippen LogP contribution in [-0.2, 0) is 15.8 Å². The lowest BCUT2D eigenvalue weighted by atomic mass is 9.85. The van der Waals surface area contributed by atoms with Crippen molar-refractivity contribution in [3.8, 4) is 5.75 Å². The third-order valence-corrected chi connectivity index (χ3v) is 11.5. The van der Waals surface area contributed by atoms with E-state index >= 15 is 4.39 Å². The maximum atomic E-state index is 17.6. The summed E-state index contributed by atoms with van der Waals surface area (Å²) < 4.78 is 64.9. The Bertz CT molecular complexity index is 1460. The minimum absolute atomic E-state index is 0.0230. The van der Waals surface area contributed by atoms with Crippen molar-refractivity contribution in [2.45, 2.75) is 88.0 Å². The van der Waals surface area contributed by atoms with Crippen molar-refractivity contribution in [3.63, 3.8) is 0 Å². The number of anilines is 1. The van der Waals surface area contributed by atoms with Gasteiger partial charge >= 0.3 is 12.1 Å². The topological polar surface area (TPSA) is 73.3 Å². The number of benzene rings is 2. The van der Waals surface area contributed by atoms with Crippen LogP contribution in [-0.4, -0.2) is 84.9 Å². The standard InChI is InChI=1S/C37H47F4N3O4/c1-3-24-20-43(35(47)36(38)23-44(28-8-4-5-9-28)22-32(36)25-10-13-29(48-2)14-11-25)21-31(24)30-15-12-27(37(39,40)41)19-33(30)42-17-6-7-26(16-18-42)34(45)46/h10-15,19,24,26,28,31-32H,3-9,16-18,20-23H2,1-2H3,(H,45,46)/t24-,26?,31-,32-,36-/m0/s1. The van der Waals surface area contributed by atoms with Crippen LogP contribution in [0.25, 0.3) is 0 Å². The van der Waals surface area contributed by atoms with Gasteiger partial charge in [0.2, 0.25) is 5.67 Å². The van der Waals surface area contributed by atoms with Crippen molar-refractivity contribution >= 4 is 17.6 Å². The van der Waals surface area contributed by atoms with Gasteiger partial charge in [-0.25, -0.2) is 4.39 Å². The van der Waals surface area contributed by atoms with Gasteiger partial charge in [0, 0.05) is 62.8 Å². The van der Waals surface area contributed by atoms with Gasteiger partial charge in [-0.15, -0.1) is 0 Å². The number of rotatable bonds is 8. The Morgan fingerprint density at radius 1 is 0.958 bits per heavy atom. The van der Waals surface area contributed by atoms with E-state index in [0.717, 1.165) is 37.3 Å². The zero-order valence-electron chi connectivity index (χ0n) is 27.9. The Labute approximate surface area is 280 Å². The van der Waals surface area contributed by atoms with Gasteiger partial charge in [-0.3, -0.25) is 14.5 Å². The molecule has 4 fully saturated rings. The largest absolute Gasteiger partial charge is 0.497 e. The van der Waals surface area contributed by atoms with Crippen molar-refractivity contribution in [2.75, 3.05) is 51.3 Å². The summed E-state index contributed by atoms with van der Waals surface area (Å²) in [5.41, 5.74) is -1.02. The average molecular weight is 674 g/mol. The number of methoxy groups -OCH3 is 1. The number of alkyl halides is 4. The van der Waals surface area contributed by atoms with Gasteiger partial charge in [0.05, 0.1) is 18.6 Å². The number of likely N-dealkylation sites (tertiary alicyclic amines) is 2. The molecule has 1 amide bonds. The normalized spacial score (nSPS) is 29.0. The lowest BCUT2D eigenvalue weighted by molar-refractivity contribution is -0.143. The molecule has 0 bridgehead atoms. The number of hydrogen-bond acceptors (Lipinski definition) is 5. The molecule has 2 aromatic carbocycles. The summed E-state index contributed by atoms with van der Waals surface area (Å²) in [6.45, 7) is 3.78. The highest BCUT2D eigenvalue weighted by Crippen LogP contribution is 2.47. The second-order valence-corrected chi connectivity index (χ2v) is 14.3. The predicted octanol–water partition coefficient (Wildman–Crippen LogP) is 7.11. The molecule has 4 aliphatic rings. The van der Waals surface area contributed by atoms with Gasteiger partial charge in [0.25, 0.3) is 5.91 Å². The fourth-order valence-corrected chi connectivity index (χ4v) is 8.78. The number of carbonyl (C=O) groups is 2. The van der Waals surface area contributed by atoms with Gasteiger partial charge in [-0.2, -0.15) is 13.2 Å². The lowest BCUT2D eigenvalue weighted by Crippen LogP contribution is -2.50. The van der Waals surface area contributed by atoms with Crippen molar-refractivity contribution in [1.82, 2.24) is 9.80 Å². The first-order valence-electron chi connectivity index (χ1n) is 17.5. The first-order valence-corrected chi connectivity index (χ1v) is 17.5. The quantitative estimate of drug-likeness (QED) is 0.302. The highest BCUT2D eigenvalue weighted by atomic mass is 19.4. The Balaban J connectivity index is 1.31. The average Bonchev–Trinajstić information content (AvgIpc) is 3.79. The van der Waals surface area contributed by atoms with E-state index in [1.807, 2.05) is 24.0 Å². The van der Waals surface area contributed by atoms with Gasteiger partial charge in [0.15, 0.2) is 0 Å². The predicted molar refractivity (Wildman–Crippen MR) is 175 cm³/mol. The monoisotopic (exact) mass is 673 g/mol. The molecule has 262 valence electrons. The first-order chi connectivity index (χ1) is 22.9. The van der Waals surface area contributed by atoms with Crippen LogP contribution in [0.15, 0.2) is 42.5 Å². The molecule has 3 saturated heterocycles. The van der Waals surface area contributed by atoms with Crippen molar-refractivity contribution in [3.05, 3.63) is 59.2 Å².